The quantitative estimate of drug-likeness (QED) is 0.483. The van der Waals surface area contributed by atoms with Gasteiger partial charge >= 0.3 is 5.63 Å². The van der Waals surface area contributed by atoms with Gasteiger partial charge in [0, 0.05) is 11.5 Å². The van der Waals surface area contributed by atoms with E-state index in [-0.39, 0.29) is 0 Å². The second-order valence-corrected chi connectivity index (χ2v) is 5.44. The van der Waals surface area contributed by atoms with Gasteiger partial charge in [-0.1, -0.05) is 23.7 Å². The van der Waals surface area contributed by atoms with E-state index in [2.05, 4.69) is 4.98 Å². The molecule has 0 saturated heterocycles. The number of halogens is 1. The zero-order valence-electron chi connectivity index (χ0n) is 11.6. The molecule has 0 atom stereocenters. The smallest absolute Gasteiger partial charge is 0.336 e. The van der Waals surface area contributed by atoms with Crippen LogP contribution in [0.3, 0.4) is 0 Å². The van der Waals surface area contributed by atoms with Crippen molar-refractivity contribution in [1.82, 2.24) is 4.98 Å². The van der Waals surface area contributed by atoms with E-state index in [1.165, 1.54) is 6.07 Å². The third-order valence-electron chi connectivity index (χ3n) is 3.58. The molecule has 2 heterocycles. The number of nitrogens with zero attached hydrogens (tertiary/aromatic N) is 1. The molecule has 0 fully saturated rings. The maximum atomic E-state index is 11.6. The molecule has 4 nitrogen and oxygen atoms in total. The van der Waals surface area contributed by atoms with E-state index in [1.54, 1.807) is 6.07 Å². The molecule has 0 aliphatic rings. The Hall–Kier alpha value is -2.59. The van der Waals surface area contributed by atoms with Crippen molar-refractivity contribution in [3.05, 3.63) is 63.5 Å². The minimum atomic E-state index is -0.403. The van der Waals surface area contributed by atoms with E-state index in [1.807, 2.05) is 37.3 Å². The molecule has 0 N–H and O–H groups in total. The van der Waals surface area contributed by atoms with Crippen molar-refractivity contribution in [3.63, 3.8) is 0 Å². The second kappa shape index (κ2) is 4.71. The lowest BCUT2D eigenvalue weighted by Gasteiger charge is -1.99. The molecule has 0 bridgehead atoms. The van der Waals surface area contributed by atoms with Crippen LogP contribution in [0, 0.1) is 6.92 Å². The molecule has 0 aliphatic heterocycles. The summed E-state index contributed by atoms with van der Waals surface area (Å²) in [7, 11) is 0. The van der Waals surface area contributed by atoms with Gasteiger partial charge in [-0.05, 0) is 36.8 Å². The highest BCUT2D eigenvalue weighted by atomic mass is 35.5. The SMILES string of the molecule is Cc1cc(=O)oc2c1ccc1oc(-c3ccccc3Cl)nc12. The topological polar surface area (TPSA) is 56.2 Å². The molecule has 22 heavy (non-hydrogen) atoms. The first-order chi connectivity index (χ1) is 10.6. The zero-order chi connectivity index (χ0) is 15.3. The van der Waals surface area contributed by atoms with Crippen LogP contribution in [0.2, 0.25) is 5.02 Å². The van der Waals surface area contributed by atoms with Crippen LogP contribution >= 0.6 is 11.6 Å². The normalized spacial score (nSPS) is 11.4. The number of aromatic nitrogens is 1. The molecular weight excluding hydrogens is 302 g/mol. The first-order valence-electron chi connectivity index (χ1n) is 6.72. The van der Waals surface area contributed by atoms with Crippen molar-refractivity contribution >= 4 is 33.7 Å². The van der Waals surface area contributed by atoms with Crippen molar-refractivity contribution < 1.29 is 8.83 Å². The van der Waals surface area contributed by atoms with Crippen molar-refractivity contribution in [2.75, 3.05) is 0 Å². The Bertz CT molecular complexity index is 1080. The number of benzene rings is 2. The molecule has 2 aromatic heterocycles. The average Bonchev–Trinajstić information content (AvgIpc) is 2.91. The van der Waals surface area contributed by atoms with E-state index in [4.69, 9.17) is 20.4 Å². The van der Waals surface area contributed by atoms with Crippen molar-refractivity contribution in [1.29, 1.82) is 0 Å². The van der Waals surface area contributed by atoms with E-state index in [9.17, 15) is 4.79 Å². The van der Waals surface area contributed by atoms with E-state index >= 15 is 0 Å². The summed E-state index contributed by atoms with van der Waals surface area (Å²) in [5.74, 6) is 0.400. The van der Waals surface area contributed by atoms with E-state index in [0.29, 0.717) is 33.2 Å². The summed E-state index contributed by atoms with van der Waals surface area (Å²) in [5.41, 5.74) is 2.65. The fraction of sp³-hybridized carbons (Fsp3) is 0.0588. The fourth-order valence-electron chi connectivity index (χ4n) is 2.52. The minimum Gasteiger partial charge on any atom is -0.436 e. The molecule has 0 radical (unpaired) electrons. The Morgan fingerprint density at radius 3 is 2.73 bits per heavy atom. The maximum Gasteiger partial charge on any atom is 0.336 e. The fourth-order valence-corrected chi connectivity index (χ4v) is 2.73. The van der Waals surface area contributed by atoms with Crippen molar-refractivity contribution in [3.8, 4) is 11.5 Å². The Kier molecular flexibility index (Phi) is 2.81. The number of hydrogen-bond donors (Lipinski definition) is 0. The van der Waals surface area contributed by atoms with Crippen molar-refractivity contribution in [2.45, 2.75) is 6.92 Å². The highest BCUT2D eigenvalue weighted by Crippen LogP contribution is 2.32. The van der Waals surface area contributed by atoms with Gasteiger partial charge in [-0.2, -0.15) is 0 Å². The number of oxazole rings is 1. The van der Waals surface area contributed by atoms with Gasteiger partial charge in [-0.3, -0.25) is 0 Å². The standard InChI is InChI=1S/C17H10ClNO3/c1-9-8-14(20)22-16-10(9)6-7-13-15(16)19-17(21-13)11-4-2-3-5-12(11)18/h2-8H,1H3. The number of fused-ring (bicyclic) bond motifs is 3. The molecule has 4 rings (SSSR count). The van der Waals surface area contributed by atoms with Crippen LogP contribution in [0.1, 0.15) is 5.56 Å². The summed E-state index contributed by atoms with van der Waals surface area (Å²) in [5, 5.41) is 1.39. The highest BCUT2D eigenvalue weighted by Gasteiger charge is 2.15. The van der Waals surface area contributed by atoms with Gasteiger partial charge in [-0.15, -0.1) is 0 Å². The Morgan fingerprint density at radius 1 is 1.09 bits per heavy atom. The molecule has 0 unspecified atom stereocenters. The highest BCUT2D eigenvalue weighted by molar-refractivity contribution is 6.33. The van der Waals surface area contributed by atoms with Gasteiger partial charge < -0.3 is 8.83 Å². The predicted molar refractivity (Wildman–Crippen MR) is 85.2 cm³/mol. The van der Waals surface area contributed by atoms with E-state index < -0.39 is 5.63 Å². The van der Waals surface area contributed by atoms with E-state index in [0.717, 1.165) is 10.9 Å². The Balaban J connectivity index is 2.08. The van der Waals surface area contributed by atoms with Crippen molar-refractivity contribution in [2.24, 2.45) is 0 Å². The number of aryl methyl sites for hydroxylation is 1. The van der Waals surface area contributed by atoms with Gasteiger partial charge in [0.05, 0.1) is 10.6 Å². The van der Waals surface area contributed by atoms with Crippen LogP contribution < -0.4 is 5.63 Å². The number of hydrogen-bond acceptors (Lipinski definition) is 4. The van der Waals surface area contributed by atoms with Crippen LogP contribution in [0.5, 0.6) is 0 Å². The average molecular weight is 312 g/mol. The third kappa shape index (κ3) is 1.92. The molecule has 0 saturated carbocycles. The molecule has 0 spiro atoms. The Morgan fingerprint density at radius 2 is 1.91 bits per heavy atom. The van der Waals surface area contributed by atoms with Crippen LogP contribution in [0.15, 0.2) is 56.1 Å². The molecule has 5 heteroatoms. The summed E-state index contributed by atoms with van der Waals surface area (Å²) in [4.78, 5) is 16.1. The Labute approximate surface area is 130 Å². The first kappa shape index (κ1) is 13.1. The molecule has 4 aromatic rings. The summed E-state index contributed by atoms with van der Waals surface area (Å²) >= 11 is 6.18. The van der Waals surface area contributed by atoms with Gasteiger partial charge in [0.1, 0.15) is 0 Å². The summed E-state index contributed by atoms with van der Waals surface area (Å²) in [6.45, 7) is 1.86. The third-order valence-corrected chi connectivity index (χ3v) is 3.91. The largest absolute Gasteiger partial charge is 0.436 e. The number of rotatable bonds is 1. The summed E-state index contributed by atoms with van der Waals surface area (Å²) in [6.07, 6.45) is 0. The van der Waals surface area contributed by atoms with Crippen LogP contribution in [-0.2, 0) is 0 Å². The molecular formula is C17H10ClNO3. The predicted octanol–water partition coefficient (Wildman–Crippen LogP) is 4.56. The van der Waals surface area contributed by atoms with Crippen LogP contribution in [0.25, 0.3) is 33.5 Å². The van der Waals surface area contributed by atoms with Gasteiger partial charge in [0.25, 0.3) is 0 Å². The van der Waals surface area contributed by atoms with Crippen LogP contribution in [0.4, 0.5) is 0 Å². The molecule has 108 valence electrons. The lowest BCUT2D eigenvalue weighted by atomic mass is 10.1. The maximum absolute atomic E-state index is 11.6. The molecule has 0 amide bonds. The summed E-state index contributed by atoms with van der Waals surface area (Å²) in [6, 6.07) is 12.4. The molecule has 0 aliphatic carbocycles. The summed E-state index contributed by atoms with van der Waals surface area (Å²) < 4.78 is 11.1. The zero-order valence-corrected chi connectivity index (χ0v) is 12.3. The minimum absolute atomic E-state index is 0.400. The van der Waals surface area contributed by atoms with Crippen LogP contribution in [-0.4, -0.2) is 4.98 Å². The first-order valence-corrected chi connectivity index (χ1v) is 7.10. The molecule has 2 aromatic carbocycles. The van der Waals surface area contributed by atoms with Gasteiger partial charge in [0.2, 0.25) is 5.89 Å². The second-order valence-electron chi connectivity index (χ2n) is 5.04. The lowest BCUT2D eigenvalue weighted by molar-refractivity contribution is 0.562. The lowest BCUT2D eigenvalue weighted by Crippen LogP contribution is -1.97. The van der Waals surface area contributed by atoms with Gasteiger partial charge in [-0.25, -0.2) is 9.78 Å². The monoisotopic (exact) mass is 311 g/mol. The van der Waals surface area contributed by atoms with Gasteiger partial charge in [0.15, 0.2) is 16.7 Å².